The van der Waals surface area contributed by atoms with Gasteiger partial charge in [-0.3, -0.25) is 4.79 Å². The number of hydrogen-bond acceptors (Lipinski definition) is 4. The Hall–Kier alpha value is -0.610. The summed E-state index contributed by atoms with van der Waals surface area (Å²) in [5.41, 5.74) is 0. The minimum Gasteiger partial charge on any atom is -0.463 e. The molecule has 1 unspecified atom stereocenters. The van der Waals surface area contributed by atoms with Crippen LogP contribution in [-0.2, 0) is 19.0 Å². The molecule has 0 aliphatic heterocycles. The van der Waals surface area contributed by atoms with Gasteiger partial charge >= 0.3 is 5.97 Å². The molecular formula is C27H54O4. The van der Waals surface area contributed by atoms with E-state index in [2.05, 4.69) is 13.8 Å². The Morgan fingerprint density at radius 2 is 1.03 bits per heavy atom. The van der Waals surface area contributed by atoms with E-state index in [1.807, 2.05) is 6.92 Å². The normalized spacial score (nSPS) is 12.4. The average Bonchev–Trinajstić information content (AvgIpc) is 2.73. The van der Waals surface area contributed by atoms with Gasteiger partial charge in [0, 0.05) is 20.1 Å². The average molecular weight is 443 g/mol. The zero-order valence-electron chi connectivity index (χ0n) is 21.4. The van der Waals surface area contributed by atoms with Crippen LogP contribution in [0.4, 0.5) is 0 Å². The van der Waals surface area contributed by atoms with Crippen LogP contribution in [0.25, 0.3) is 0 Å². The minimum atomic E-state index is -0.180. The van der Waals surface area contributed by atoms with Gasteiger partial charge in [0.2, 0.25) is 0 Å². The van der Waals surface area contributed by atoms with Crippen molar-refractivity contribution in [2.75, 3.05) is 13.2 Å². The molecule has 0 aromatic carbocycles. The first kappa shape index (κ1) is 30.4. The van der Waals surface area contributed by atoms with Crippen molar-refractivity contribution in [3.05, 3.63) is 0 Å². The molecule has 0 aromatic rings. The summed E-state index contributed by atoms with van der Waals surface area (Å²) in [6.07, 6.45) is 22.0. The summed E-state index contributed by atoms with van der Waals surface area (Å²) in [6, 6.07) is 0. The molecule has 0 fully saturated rings. The van der Waals surface area contributed by atoms with Gasteiger partial charge in [-0.25, -0.2) is 0 Å². The van der Waals surface area contributed by atoms with Gasteiger partial charge in [-0.15, -0.1) is 0 Å². The molecular weight excluding hydrogens is 388 g/mol. The smallest absolute Gasteiger partial charge is 0.302 e. The third-order valence-corrected chi connectivity index (χ3v) is 5.77. The number of ether oxygens (including phenoxy) is 3. The van der Waals surface area contributed by atoms with Crippen LogP contribution >= 0.6 is 0 Å². The first-order valence-corrected chi connectivity index (χ1v) is 13.5. The second kappa shape index (κ2) is 24.0. The molecule has 1 atom stereocenters. The monoisotopic (exact) mass is 442 g/mol. The summed E-state index contributed by atoms with van der Waals surface area (Å²) in [5.74, 6) is -0.180. The Labute approximate surface area is 194 Å². The second-order valence-corrected chi connectivity index (χ2v) is 9.12. The zero-order valence-corrected chi connectivity index (χ0v) is 21.4. The van der Waals surface area contributed by atoms with E-state index in [1.54, 1.807) is 0 Å². The fraction of sp³-hybridized carbons (Fsp3) is 0.963. The fourth-order valence-corrected chi connectivity index (χ4v) is 3.85. The first-order valence-electron chi connectivity index (χ1n) is 13.5. The summed E-state index contributed by atoms with van der Waals surface area (Å²) < 4.78 is 17.4. The number of rotatable bonds is 24. The largest absolute Gasteiger partial charge is 0.463 e. The number of unbranched alkanes of at least 4 members (excludes halogenated alkanes) is 13. The molecule has 186 valence electrons. The quantitative estimate of drug-likeness (QED) is 0.0855. The maximum atomic E-state index is 11.0. The topological polar surface area (TPSA) is 44.8 Å². The van der Waals surface area contributed by atoms with Crippen LogP contribution in [0.2, 0.25) is 0 Å². The van der Waals surface area contributed by atoms with Crippen LogP contribution in [0.5, 0.6) is 0 Å². The lowest BCUT2D eigenvalue weighted by Crippen LogP contribution is -2.19. The van der Waals surface area contributed by atoms with E-state index >= 15 is 0 Å². The van der Waals surface area contributed by atoms with Crippen LogP contribution in [-0.4, -0.2) is 31.6 Å². The van der Waals surface area contributed by atoms with Crippen molar-refractivity contribution < 1.29 is 19.0 Å². The maximum absolute atomic E-state index is 11.0. The van der Waals surface area contributed by atoms with Crippen molar-refractivity contribution >= 4 is 5.97 Å². The summed E-state index contributed by atoms with van der Waals surface area (Å²) in [7, 11) is 0. The molecule has 0 radical (unpaired) electrons. The third-order valence-electron chi connectivity index (χ3n) is 5.77. The van der Waals surface area contributed by atoms with Crippen LogP contribution in [0.3, 0.4) is 0 Å². The van der Waals surface area contributed by atoms with Gasteiger partial charge in [-0.1, -0.05) is 90.9 Å². The summed E-state index contributed by atoms with van der Waals surface area (Å²) in [4.78, 5) is 11.0. The molecule has 0 heterocycles. The Kier molecular flexibility index (Phi) is 23.6. The maximum Gasteiger partial charge on any atom is 0.302 e. The lowest BCUT2D eigenvalue weighted by atomic mass is 10.1. The van der Waals surface area contributed by atoms with Crippen molar-refractivity contribution in [1.29, 1.82) is 0 Å². The molecule has 0 bridgehead atoms. The molecule has 0 N–H and O–H groups in total. The van der Waals surface area contributed by atoms with Crippen LogP contribution in [0.15, 0.2) is 0 Å². The van der Waals surface area contributed by atoms with E-state index in [0.717, 1.165) is 51.7 Å². The highest BCUT2D eigenvalue weighted by Gasteiger charge is 2.10. The van der Waals surface area contributed by atoms with Crippen LogP contribution < -0.4 is 0 Å². The molecule has 0 aliphatic carbocycles. The van der Waals surface area contributed by atoms with Crippen LogP contribution in [0.1, 0.15) is 143 Å². The lowest BCUT2D eigenvalue weighted by molar-refractivity contribution is -0.148. The highest BCUT2D eigenvalue weighted by Crippen LogP contribution is 2.15. The van der Waals surface area contributed by atoms with Crippen molar-refractivity contribution in [3.63, 3.8) is 0 Å². The van der Waals surface area contributed by atoms with Gasteiger partial charge in [0.05, 0.1) is 6.10 Å². The third kappa shape index (κ3) is 23.9. The van der Waals surface area contributed by atoms with E-state index in [0.29, 0.717) is 0 Å². The SMILES string of the molecule is CCCCCCCCOC(CCCCCCC(C)OC(C)=O)OCCCCCCCC. The zero-order chi connectivity index (χ0) is 23.0. The van der Waals surface area contributed by atoms with Gasteiger partial charge < -0.3 is 14.2 Å². The molecule has 0 rings (SSSR count). The summed E-state index contributed by atoms with van der Waals surface area (Å²) >= 11 is 0. The Balaban J connectivity index is 3.92. The number of carbonyl (C=O) groups is 1. The van der Waals surface area contributed by atoms with E-state index in [4.69, 9.17) is 14.2 Å². The predicted octanol–water partition coefficient (Wildman–Crippen LogP) is 8.36. The van der Waals surface area contributed by atoms with Gasteiger partial charge in [0.15, 0.2) is 6.29 Å². The highest BCUT2D eigenvalue weighted by atomic mass is 16.7. The molecule has 4 nitrogen and oxygen atoms in total. The van der Waals surface area contributed by atoms with Gasteiger partial charge in [-0.2, -0.15) is 0 Å². The van der Waals surface area contributed by atoms with Gasteiger partial charge in [0.1, 0.15) is 0 Å². The molecule has 0 aliphatic rings. The number of esters is 1. The molecule has 0 aromatic heterocycles. The van der Waals surface area contributed by atoms with Gasteiger partial charge in [-0.05, 0) is 45.4 Å². The van der Waals surface area contributed by atoms with Gasteiger partial charge in [0.25, 0.3) is 0 Å². The first-order chi connectivity index (χ1) is 15.1. The Morgan fingerprint density at radius 3 is 1.52 bits per heavy atom. The van der Waals surface area contributed by atoms with E-state index in [9.17, 15) is 4.79 Å². The minimum absolute atomic E-state index is 0.0339. The molecule has 4 heteroatoms. The van der Waals surface area contributed by atoms with Crippen molar-refractivity contribution in [2.24, 2.45) is 0 Å². The molecule has 0 saturated heterocycles. The molecule has 31 heavy (non-hydrogen) atoms. The Morgan fingerprint density at radius 1 is 0.613 bits per heavy atom. The van der Waals surface area contributed by atoms with Crippen molar-refractivity contribution in [2.45, 2.75) is 156 Å². The van der Waals surface area contributed by atoms with Crippen molar-refractivity contribution in [3.8, 4) is 0 Å². The van der Waals surface area contributed by atoms with E-state index < -0.39 is 0 Å². The fourth-order valence-electron chi connectivity index (χ4n) is 3.85. The van der Waals surface area contributed by atoms with Crippen molar-refractivity contribution in [1.82, 2.24) is 0 Å². The number of hydrogen-bond donors (Lipinski definition) is 0. The highest BCUT2D eigenvalue weighted by molar-refractivity contribution is 5.66. The molecule has 0 amide bonds. The Bertz CT molecular complexity index is 354. The second-order valence-electron chi connectivity index (χ2n) is 9.12. The standard InChI is InChI=1S/C27H54O4/c1-5-7-9-11-15-19-23-29-27(30-24-20-16-12-10-8-6-2)22-18-14-13-17-21-25(3)31-26(4)28/h25,27H,5-24H2,1-4H3. The molecule has 0 saturated carbocycles. The summed E-state index contributed by atoms with van der Waals surface area (Å²) in [6.45, 7) is 9.63. The summed E-state index contributed by atoms with van der Waals surface area (Å²) in [5, 5.41) is 0. The van der Waals surface area contributed by atoms with E-state index in [-0.39, 0.29) is 18.4 Å². The van der Waals surface area contributed by atoms with E-state index in [1.165, 1.54) is 84.0 Å². The predicted molar refractivity (Wildman–Crippen MR) is 131 cm³/mol. The number of carbonyl (C=O) groups excluding carboxylic acids is 1. The molecule has 0 spiro atoms. The van der Waals surface area contributed by atoms with Crippen LogP contribution in [0, 0.1) is 0 Å². The lowest BCUT2D eigenvalue weighted by Gasteiger charge is -2.19.